The summed E-state index contributed by atoms with van der Waals surface area (Å²) in [7, 11) is -2.34. The lowest BCUT2D eigenvalue weighted by Crippen LogP contribution is -2.33. The van der Waals surface area contributed by atoms with Crippen LogP contribution in [0.4, 0.5) is 5.69 Å². The van der Waals surface area contributed by atoms with Crippen molar-refractivity contribution in [3.63, 3.8) is 0 Å². The molecule has 0 atom stereocenters. The van der Waals surface area contributed by atoms with Gasteiger partial charge in [-0.3, -0.25) is 4.79 Å². The summed E-state index contributed by atoms with van der Waals surface area (Å²) < 4.78 is 37.7. The number of carbonyl (C=O) groups is 1. The van der Waals surface area contributed by atoms with E-state index in [1.807, 2.05) is 6.92 Å². The lowest BCUT2D eigenvalue weighted by Gasteiger charge is -2.08. The number of aryl methyl sites for hydroxylation is 2. The second kappa shape index (κ2) is 8.72. The highest BCUT2D eigenvalue weighted by molar-refractivity contribution is 7.89. The molecule has 0 fully saturated rings. The first kappa shape index (κ1) is 21.0. The van der Waals surface area contributed by atoms with E-state index in [-0.39, 0.29) is 4.90 Å². The number of anilines is 1. The Kier molecular flexibility index (Phi) is 6.30. The van der Waals surface area contributed by atoms with Crippen molar-refractivity contribution in [1.82, 2.24) is 14.9 Å². The highest BCUT2D eigenvalue weighted by atomic mass is 32.2. The first-order valence-corrected chi connectivity index (χ1v) is 11.0. The molecule has 2 heterocycles. The fourth-order valence-electron chi connectivity index (χ4n) is 2.46. The molecule has 0 bridgehead atoms. The summed E-state index contributed by atoms with van der Waals surface area (Å²) in [6, 6.07) is 8.19. The van der Waals surface area contributed by atoms with E-state index in [1.54, 1.807) is 38.3 Å². The highest BCUT2D eigenvalue weighted by Crippen LogP contribution is 2.32. The largest absolute Gasteiger partial charge is 0.497 e. The van der Waals surface area contributed by atoms with Gasteiger partial charge in [0.1, 0.15) is 5.75 Å². The number of methoxy groups -OCH3 is 1. The number of aromatic nitrogens is 2. The average molecular weight is 437 g/mol. The lowest BCUT2D eigenvalue weighted by atomic mass is 10.3. The number of benzene rings is 1. The molecule has 3 rings (SSSR count). The Bertz CT molecular complexity index is 1100. The molecule has 2 aromatic heterocycles. The molecule has 11 heteroatoms. The van der Waals surface area contributed by atoms with Crippen LogP contribution in [0.25, 0.3) is 10.7 Å². The minimum Gasteiger partial charge on any atom is -0.497 e. The normalized spacial score (nSPS) is 11.4. The summed E-state index contributed by atoms with van der Waals surface area (Å²) in [6.07, 6.45) is 0.591. The maximum Gasteiger partial charge on any atom is 0.242 e. The molecule has 0 aliphatic carbocycles. The van der Waals surface area contributed by atoms with Crippen LogP contribution in [0.1, 0.15) is 17.7 Å². The number of nitrogens with one attached hydrogen (secondary N) is 2. The van der Waals surface area contributed by atoms with Crippen LogP contribution in [0.3, 0.4) is 0 Å². The van der Waals surface area contributed by atoms with Gasteiger partial charge in [0, 0.05) is 17.0 Å². The standard InChI is InChI=1S/C18H20N4O5S2/c1-4-17-21-18(22-27-17)14-9-15(11(2)28-14)29(24,25)19-10-16(23)20-12-5-7-13(26-3)8-6-12/h5-9,19H,4,10H2,1-3H3,(H,20,23). The third-order valence-corrected chi connectivity index (χ3v) is 6.65. The number of hydrogen-bond acceptors (Lipinski definition) is 8. The SMILES string of the molecule is CCc1nc(-c2cc(S(=O)(=O)NCC(=O)Nc3ccc(OC)cc3)c(C)s2)no1. The smallest absolute Gasteiger partial charge is 0.242 e. The Morgan fingerprint density at radius 1 is 1.28 bits per heavy atom. The molecular weight excluding hydrogens is 416 g/mol. The van der Waals surface area contributed by atoms with E-state index >= 15 is 0 Å². The van der Waals surface area contributed by atoms with Gasteiger partial charge in [0.25, 0.3) is 0 Å². The number of hydrogen-bond donors (Lipinski definition) is 2. The molecule has 9 nitrogen and oxygen atoms in total. The van der Waals surface area contributed by atoms with E-state index in [0.717, 1.165) is 0 Å². The Morgan fingerprint density at radius 2 is 2.00 bits per heavy atom. The number of sulfonamides is 1. The molecule has 0 aliphatic rings. The van der Waals surface area contributed by atoms with Gasteiger partial charge in [-0.2, -0.15) is 4.98 Å². The van der Waals surface area contributed by atoms with Crippen molar-refractivity contribution in [2.75, 3.05) is 19.0 Å². The van der Waals surface area contributed by atoms with Crippen LogP contribution in [-0.4, -0.2) is 38.1 Å². The Balaban J connectivity index is 1.66. The molecule has 0 saturated carbocycles. The summed E-state index contributed by atoms with van der Waals surface area (Å²) in [6.45, 7) is 3.16. The number of ether oxygens (including phenoxy) is 1. The van der Waals surface area contributed by atoms with Crippen molar-refractivity contribution >= 4 is 33.0 Å². The van der Waals surface area contributed by atoms with Crippen LogP contribution >= 0.6 is 11.3 Å². The Hall–Kier alpha value is -2.76. The maximum absolute atomic E-state index is 12.6. The first-order chi connectivity index (χ1) is 13.8. The number of carbonyl (C=O) groups excluding carboxylic acids is 1. The molecule has 3 aromatic rings. The van der Waals surface area contributed by atoms with Crippen molar-refractivity contribution in [1.29, 1.82) is 0 Å². The summed E-state index contributed by atoms with van der Waals surface area (Å²) in [5.41, 5.74) is 0.535. The fraction of sp³-hybridized carbons (Fsp3) is 0.278. The third kappa shape index (κ3) is 5.00. The summed E-state index contributed by atoms with van der Waals surface area (Å²) in [4.78, 5) is 17.5. The molecule has 0 aliphatic heterocycles. The third-order valence-electron chi connectivity index (χ3n) is 3.95. The van der Waals surface area contributed by atoms with E-state index in [0.29, 0.717) is 39.3 Å². The van der Waals surface area contributed by atoms with E-state index in [4.69, 9.17) is 9.26 Å². The molecule has 1 aromatic carbocycles. The average Bonchev–Trinajstić information content (AvgIpc) is 3.34. The second-order valence-electron chi connectivity index (χ2n) is 6.00. The van der Waals surface area contributed by atoms with E-state index in [1.165, 1.54) is 17.4 Å². The number of rotatable bonds is 8. The predicted molar refractivity (Wildman–Crippen MR) is 109 cm³/mol. The first-order valence-electron chi connectivity index (χ1n) is 8.69. The van der Waals surface area contributed by atoms with Crippen LogP contribution in [0, 0.1) is 6.92 Å². The van der Waals surface area contributed by atoms with Crippen LogP contribution in [0.15, 0.2) is 39.8 Å². The maximum atomic E-state index is 12.6. The van der Waals surface area contributed by atoms with Crippen molar-refractivity contribution in [3.8, 4) is 16.5 Å². The van der Waals surface area contributed by atoms with Crippen LogP contribution < -0.4 is 14.8 Å². The van der Waals surface area contributed by atoms with Crippen LogP contribution in [0.5, 0.6) is 5.75 Å². The zero-order valence-corrected chi connectivity index (χ0v) is 17.7. The summed E-state index contributed by atoms with van der Waals surface area (Å²) in [5.74, 6) is 0.982. The van der Waals surface area contributed by atoms with E-state index < -0.39 is 22.5 Å². The predicted octanol–water partition coefficient (Wildman–Crippen LogP) is 2.59. The Labute approximate surface area is 172 Å². The zero-order valence-electron chi connectivity index (χ0n) is 16.1. The van der Waals surface area contributed by atoms with Crippen LogP contribution in [0.2, 0.25) is 0 Å². The molecule has 29 heavy (non-hydrogen) atoms. The topological polar surface area (TPSA) is 123 Å². The number of nitrogens with zero attached hydrogens (tertiary/aromatic N) is 2. The van der Waals surface area contributed by atoms with Gasteiger partial charge in [-0.15, -0.1) is 11.3 Å². The monoisotopic (exact) mass is 436 g/mol. The van der Waals surface area contributed by atoms with Gasteiger partial charge in [0.2, 0.25) is 27.6 Å². The lowest BCUT2D eigenvalue weighted by molar-refractivity contribution is -0.115. The van der Waals surface area contributed by atoms with E-state index in [9.17, 15) is 13.2 Å². The molecule has 154 valence electrons. The molecule has 0 radical (unpaired) electrons. The van der Waals surface area contributed by atoms with Gasteiger partial charge >= 0.3 is 0 Å². The van der Waals surface area contributed by atoms with Gasteiger partial charge in [-0.05, 0) is 37.3 Å². The highest BCUT2D eigenvalue weighted by Gasteiger charge is 2.23. The summed E-state index contributed by atoms with van der Waals surface area (Å²) >= 11 is 1.24. The van der Waals surface area contributed by atoms with E-state index in [2.05, 4.69) is 20.2 Å². The van der Waals surface area contributed by atoms with Crippen molar-refractivity contribution in [2.45, 2.75) is 25.2 Å². The van der Waals surface area contributed by atoms with Crippen molar-refractivity contribution in [3.05, 3.63) is 41.1 Å². The van der Waals surface area contributed by atoms with Crippen LogP contribution in [-0.2, 0) is 21.2 Å². The fourth-order valence-corrected chi connectivity index (χ4v) is 4.96. The molecule has 1 amide bonds. The molecular formula is C18H20N4O5S2. The summed E-state index contributed by atoms with van der Waals surface area (Å²) in [5, 5.41) is 6.48. The van der Waals surface area contributed by atoms with Gasteiger partial charge in [0.15, 0.2) is 0 Å². The minimum atomic E-state index is -3.88. The van der Waals surface area contributed by atoms with Gasteiger partial charge in [0.05, 0.1) is 23.4 Å². The van der Waals surface area contributed by atoms with Gasteiger partial charge in [-0.1, -0.05) is 12.1 Å². The zero-order chi connectivity index (χ0) is 21.0. The van der Waals surface area contributed by atoms with Crippen molar-refractivity contribution in [2.24, 2.45) is 0 Å². The number of amides is 1. The molecule has 2 N–H and O–H groups in total. The quantitative estimate of drug-likeness (QED) is 0.556. The Morgan fingerprint density at radius 3 is 2.62 bits per heavy atom. The minimum absolute atomic E-state index is 0.0811. The number of thiophene rings is 1. The van der Waals surface area contributed by atoms with Gasteiger partial charge in [-0.25, -0.2) is 13.1 Å². The van der Waals surface area contributed by atoms with Crippen molar-refractivity contribution < 1.29 is 22.5 Å². The molecule has 0 unspecified atom stereocenters. The second-order valence-corrected chi connectivity index (χ2v) is 8.99. The van der Waals surface area contributed by atoms with Gasteiger partial charge < -0.3 is 14.6 Å². The molecule has 0 spiro atoms. The molecule has 0 saturated heterocycles.